The Kier molecular flexibility index (Phi) is 5.57. The lowest BCUT2D eigenvalue weighted by Crippen LogP contribution is -2.31. The second kappa shape index (κ2) is 6.31. The van der Waals surface area contributed by atoms with Crippen LogP contribution < -0.4 is 5.73 Å². The predicted octanol–water partition coefficient (Wildman–Crippen LogP) is -0.766. The average molecular weight is 169 g/mol. The third-order valence-electron chi connectivity index (χ3n) is 1.28. The van der Waals surface area contributed by atoms with Crippen molar-refractivity contribution in [2.75, 3.05) is 13.1 Å². The van der Waals surface area contributed by atoms with Crippen LogP contribution in [0.5, 0.6) is 0 Å². The van der Waals surface area contributed by atoms with Crippen molar-refractivity contribution >= 4 is 12.3 Å². The maximum absolute atomic E-state index is 10.9. The fourth-order valence-electron chi connectivity index (χ4n) is 0.667. The summed E-state index contributed by atoms with van der Waals surface area (Å²) in [4.78, 5) is 22.2. The smallest absolute Gasteiger partial charge is 0.243 e. The molecule has 0 radical (unpaired) electrons. The zero-order valence-corrected chi connectivity index (χ0v) is 6.69. The van der Waals surface area contributed by atoms with E-state index in [-0.39, 0.29) is 6.42 Å². The standard InChI is InChI=1S/C7H11N3O2/c8-3-1-5-10(6-11)7(12)2-4-9/h6H,1-3,5,8H2. The number of carbonyl (C=O) groups excluding carboxylic acids is 2. The van der Waals surface area contributed by atoms with E-state index < -0.39 is 5.91 Å². The van der Waals surface area contributed by atoms with Gasteiger partial charge in [-0.25, -0.2) is 0 Å². The molecule has 0 aromatic heterocycles. The highest BCUT2D eigenvalue weighted by atomic mass is 16.2. The summed E-state index contributed by atoms with van der Waals surface area (Å²) in [7, 11) is 0. The lowest BCUT2D eigenvalue weighted by Gasteiger charge is -2.12. The van der Waals surface area contributed by atoms with Gasteiger partial charge in [0.05, 0.1) is 6.07 Å². The van der Waals surface area contributed by atoms with E-state index in [2.05, 4.69) is 0 Å². The van der Waals surface area contributed by atoms with Crippen molar-refractivity contribution < 1.29 is 9.59 Å². The van der Waals surface area contributed by atoms with Gasteiger partial charge in [0.1, 0.15) is 6.42 Å². The lowest BCUT2D eigenvalue weighted by molar-refractivity contribution is -0.137. The number of nitrogens with two attached hydrogens (primary N) is 1. The van der Waals surface area contributed by atoms with Gasteiger partial charge >= 0.3 is 0 Å². The highest BCUT2D eigenvalue weighted by molar-refractivity contribution is 5.87. The average Bonchev–Trinajstić information content (AvgIpc) is 2.06. The van der Waals surface area contributed by atoms with Crippen molar-refractivity contribution in [2.45, 2.75) is 12.8 Å². The third kappa shape index (κ3) is 3.68. The van der Waals surface area contributed by atoms with Gasteiger partial charge in [0.15, 0.2) is 0 Å². The molecule has 2 amide bonds. The first kappa shape index (κ1) is 10.6. The summed E-state index contributed by atoms with van der Waals surface area (Å²) in [6.45, 7) is 0.713. The van der Waals surface area contributed by atoms with Crippen LogP contribution in [0.3, 0.4) is 0 Å². The SMILES string of the molecule is N#CCC(=O)N(C=O)CCCN. The van der Waals surface area contributed by atoms with Crippen molar-refractivity contribution in [1.29, 1.82) is 5.26 Å². The van der Waals surface area contributed by atoms with E-state index in [4.69, 9.17) is 11.0 Å². The molecule has 0 spiro atoms. The molecule has 0 heterocycles. The highest BCUT2D eigenvalue weighted by Gasteiger charge is 2.10. The van der Waals surface area contributed by atoms with Crippen molar-refractivity contribution in [3.05, 3.63) is 0 Å². The molecule has 12 heavy (non-hydrogen) atoms. The van der Waals surface area contributed by atoms with E-state index in [1.807, 2.05) is 0 Å². The molecule has 0 rings (SSSR count). The van der Waals surface area contributed by atoms with Crippen LogP contribution in [0.4, 0.5) is 0 Å². The van der Waals surface area contributed by atoms with Gasteiger partial charge in [-0.2, -0.15) is 5.26 Å². The first-order chi connectivity index (χ1) is 5.76. The van der Waals surface area contributed by atoms with Gasteiger partial charge in [-0.15, -0.1) is 0 Å². The molecule has 0 saturated heterocycles. The number of amides is 2. The van der Waals surface area contributed by atoms with Gasteiger partial charge in [-0.05, 0) is 13.0 Å². The molecule has 2 N–H and O–H groups in total. The third-order valence-corrected chi connectivity index (χ3v) is 1.28. The molecule has 0 aliphatic heterocycles. The second-order valence-electron chi connectivity index (χ2n) is 2.17. The second-order valence-corrected chi connectivity index (χ2v) is 2.17. The Morgan fingerprint density at radius 2 is 2.33 bits per heavy atom. The number of carbonyl (C=O) groups is 2. The fraction of sp³-hybridized carbons (Fsp3) is 0.571. The Hall–Kier alpha value is -1.41. The van der Waals surface area contributed by atoms with Gasteiger partial charge in [0.2, 0.25) is 12.3 Å². The molecule has 0 unspecified atom stereocenters. The lowest BCUT2D eigenvalue weighted by atomic mass is 10.3. The summed E-state index contributed by atoms with van der Waals surface area (Å²) in [5, 5.41) is 8.17. The number of hydrogen-bond donors (Lipinski definition) is 1. The minimum Gasteiger partial charge on any atom is -0.330 e. The number of imide groups is 1. The topological polar surface area (TPSA) is 87.2 Å². The van der Waals surface area contributed by atoms with Crippen molar-refractivity contribution in [1.82, 2.24) is 4.90 Å². The van der Waals surface area contributed by atoms with Gasteiger partial charge in [0.25, 0.3) is 0 Å². The molecule has 5 heteroatoms. The first-order valence-electron chi connectivity index (χ1n) is 3.58. The summed E-state index contributed by atoms with van der Waals surface area (Å²) < 4.78 is 0. The Balaban J connectivity index is 3.89. The van der Waals surface area contributed by atoms with Crippen LogP contribution in [-0.4, -0.2) is 30.3 Å². The minimum atomic E-state index is -0.471. The predicted molar refractivity (Wildman–Crippen MR) is 41.7 cm³/mol. The van der Waals surface area contributed by atoms with Crippen LogP contribution >= 0.6 is 0 Å². The van der Waals surface area contributed by atoms with E-state index in [9.17, 15) is 9.59 Å². The fourth-order valence-corrected chi connectivity index (χ4v) is 0.667. The number of rotatable bonds is 5. The maximum atomic E-state index is 10.9. The normalized spacial score (nSPS) is 8.67. The number of nitriles is 1. The summed E-state index contributed by atoms with van der Waals surface area (Å²) >= 11 is 0. The molecule has 0 aromatic rings. The maximum Gasteiger partial charge on any atom is 0.243 e. The zero-order valence-electron chi connectivity index (χ0n) is 6.69. The Labute approximate surface area is 70.7 Å². The highest BCUT2D eigenvalue weighted by Crippen LogP contribution is 1.91. The van der Waals surface area contributed by atoms with E-state index >= 15 is 0 Å². The Morgan fingerprint density at radius 3 is 2.75 bits per heavy atom. The van der Waals surface area contributed by atoms with E-state index in [1.165, 1.54) is 0 Å². The van der Waals surface area contributed by atoms with Crippen molar-refractivity contribution in [2.24, 2.45) is 5.73 Å². The first-order valence-corrected chi connectivity index (χ1v) is 3.58. The van der Waals surface area contributed by atoms with Crippen molar-refractivity contribution in [3.63, 3.8) is 0 Å². The Bertz CT molecular complexity index is 197. The van der Waals surface area contributed by atoms with Gasteiger partial charge in [0, 0.05) is 6.54 Å². The zero-order chi connectivity index (χ0) is 9.40. The van der Waals surface area contributed by atoms with E-state index in [0.29, 0.717) is 25.9 Å². The van der Waals surface area contributed by atoms with Gasteiger partial charge in [-0.1, -0.05) is 0 Å². The molecule has 0 aliphatic rings. The summed E-state index contributed by atoms with van der Waals surface area (Å²) in [6.07, 6.45) is 0.731. The molecule has 0 saturated carbocycles. The molecular formula is C7H11N3O2. The van der Waals surface area contributed by atoms with Gasteiger partial charge in [-0.3, -0.25) is 14.5 Å². The number of hydrogen-bond acceptors (Lipinski definition) is 4. The number of nitrogens with zero attached hydrogens (tertiary/aromatic N) is 2. The van der Waals surface area contributed by atoms with E-state index in [1.54, 1.807) is 6.07 Å². The summed E-state index contributed by atoms with van der Waals surface area (Å²) in [5.74, 6) is -0.471. The molecule has 66 valence electrons. The van der Waals surface area contributed by atoms with E-state index in [0.717, 1.165) is 4.90 Å². The van der Waals surface area contributed by atoms with Crippen LogP contribution in [0, 0.1) is 11.3 Å². The van der Waals surface area contributed by atoms with Crippen LogP contribution in [0.2, 0.25) is 0 Å². The monoisotopic (exact) mass is 169 g/mol. The van der Waals surface area contributed by atoms with Crippen LogP contribution in [0.15, 0.2) is 0 Å². The summed E-state index contributed by atoms with van der Waals surface area (Å²) in [5.41, 5.74) is 5.19. The van der Waals surface area contributed by atoms with Gasteiger partial charge < -0.3 is 5.73 Å². The molecule has 0 aromatic carbocycles. The molecule has 0 fully saturated rings. The quantitative estimate of drug-likeness (QED) is 0.547. The largest absolute Gasteiger partial charge is 0.330 e. The molecule has 0 atom stereocenters. The molecule has 5 nitrogen and oxygen atoms in total. The molecular weight excluding hydrogens is 158 g/mol. The van der Waals surface area contributed by atoms with Crippen LogP contribution in [-0.2, 0) is 9.59 Å². The molecule has 0 bridgehead atoms. The molecule has 0 aliphatic carbocycles. The Morgan fingerprint density at radius 1 is 1.67 bits per heavy atom. The van der Waals surface area contributed by atoms with Crippen LogP contribution in [0.25, 0.3) is 0 Å². The minimum absolute atomic E-state index is 0.261. The van der Waals surface area contributed by atoms with Crippen molar-refractivity contribution in [3.8, 4) is 6.07 Å². The summed E-state index contributed by atoms with van der Waals surface area (Å²) in [6, 6.07) is 1.68. The van der Waals surface area contributed by atoms with Crippen LogP contribution in [0.1, 0.15) is 12.8 Å².